The zero-order chi connectivity index (χ0) is 32.5. The van der Waals surface area contributed by atoms with Gasteiger partial charge in [-0.3, -0.25) is 4.90 Å². The van der Waals surface area contributed by atoms with Gasteiger partial charge in [-0.15, -0.1) is 0 Å². The maximum atomic E-state index is 14.9. The molecule has 9 nitrogen and oxygen atoms in total. The molecule has 0 spiro atoms. The van der Waals surface area contributed by atoms with Gasteiger partial charge in [-0.2, -0.15) is 16.8 Å². The summed E-state index contributed by atoms with van der Waals surface area (Å²) in [6, 6.07) is 24.0. The van der Waals surface area contributed by atoms with Gasteiger partial charge in [0.1, 0.15) is 11.6 Å². The summed E-state index contributed by atoms with van der Waals surface area (Å²) in [5.41, 5.74) is 1.55. The Balaban J connectivity index is 1.36. The number of halogens is 2. The number of hydrogen-bond acceptors (Lipinski definition) is 7. The molecular weight excluding hydrogens is 633 g/mol. The normalized spacial score (nSPS) is 12.1. The number of aromatic nitrogens is 4. The summed E-state index contributed by atoms with van der Waals surface area (Å²) in [4.78, 5) is 9.83. The molecule has 2 aromatic carbocycles. The standard InChI is InChI=1S/C33H27F2N5O4S2/c1-38(20-24-18-30(26-10-2-4-12-28(26)34)39(22-24)45(41,42)32-14-6-8-16-36-32)21-25-19-31(27-11-3-5-13-29(27)35)40(23-25)46(43,44)33-15-7-9-17-37-33/h2-19,22-23H,20-21H2,1H3. The van der Waals surface area contributed by atoms with Gasteiger partial charge in [-0.05, 0) is 78.8 Å². The van der Waals surface area contributed by atoms with Gasteiger partial charge in [0.15, 0.2) is 10.1 Å². The number of rotatable bonds is 10. The number of pyridine rings is 2. The molecule has 0 aliphatic carbocycles. The topological polar surface area (TPSA) is 107 Å². The molecular formula is C33H27F2N5O4S2. The Hall–Kier alpha value is -4.98. The van der Waals surface area contributed by atoms with Gasteiger partial charge in [-0.1, -0.05) is 36.4 Å². The van der Waals surface area contributed by atoms with Crippen LogP contribution in [0.4, 0.5) is 8.78 Å². The average Bonchev–Trinajstić information content (AvgIpc) is 3.67. The third-order valence-corrected chi connectivity index (χ3v) is 10.4. The maximum Gasteiger partial charge on any atom is 0.285 e. The van der Waals surface area contributed by atoms with E-state index in [0.717, 1.165) is 7.94 Å². The van der Waals surface area contributed by atoms with E-state index in [2.05, 4.69) is 9.97 Å². The van der Waals surface area contributed by atoms with Gasteiger partial charge in [-0.25, -0.2) is 26.7 Å². The van der Waals surface area contributed by atoms with Gasteiger partial charge >= 0.3 is 0 Å². The van der Waals surface area contributed by atoms with Crippen LogP contribution in [0.2, 0.25) is 0 Å². The molecule has 4 heterocycles. The molecule has 6 rings (SSSR count). The van der Waals surface area contributed by atoms with Crippen LogP contribution in [0.25, 0.3) is 22.5 Å². The highest BCUT2D eigenvalue weighted by Crippen LogP contribution is 2.31. The first-order valence-corrected chi connectivity index (χ1v) is 16.9. The van der Waals surface area contributed by atoms with E-state index < -0.39 is 31.7 Å². The first kappa shape index (κ1) is 31.0. The molecule has 234 valence electrons. The van der Waals surface area contributed by atoms with Crippen LogP contribution in [0.5, 0.6) is 0 Å². The van der Waals surface area contributed by atoms with Crippen molar-refractivity contribution in [3.63, 3.8) is 0 Å². The van der Waals surface area contributed by atoms with Crippen LogP contribution in [-0.4, -0.2) is 46.7 Å². The summed E-state index contributed by atoms with van der Waals surface area (Å²) < 4.78 is 86.3. The summed E-state index contributed by atoms with van der Waals surface area (Å²) >= 11 is 0. The lowest BCUT2D eigenvalue weighted by Gasteiger charge is -2.14. The molecule has 0 aliphatic heterocycles. The molecule has 13 heteroatoms. The van der Waals surface area contributed by atoms with Crippen LogP contribution >= 0.6 is 0 Å². The Morgan fingerprint density at radius 3 is 1.37 bits per heavy atom. The SMILES string of the molecule is CN(Cc1cc(-c2ccccc2F)n(S(=O)(=O)c2ccccn2)c1)Cc1cc(-c2ccccc2F)n(S(=O)(=O)c2ccccn2)c1. The van der Waals surface area contributed by atoms with E-state index in [9.17, 15) is 25.6 Å². The quantitative estimate of drug-likeness (QED) is 0.183. The van der Waals surface area contributed by atoms with Gasteiger partial charge in [0, 0.05) is 49.0 Å². The first-order valence-electron chi connectivity index (χ1n) is 14.0. The molecule has 0 amide bonds. The Morgan fingerprint density at radius 1 is 0.609 bits per heavy atom. The van der Waals surface area contributed by atoms with Crippen molar-refractivity contribution in [2.75, 3.05) is 7.05 Å². The highest BCUT2D eigenvalue weighted by molar-refractivity contribution is 7.90. The predicted molar refractivity (Wildman–Crippen MR) is 168 cm³/mol. The van der Waals surface area contributed by atoms with Crippen molar-refractivity contribution in [1.82, 2.24) is 22.8 Å². The molecule has 0 aliphatic rings. The van der Waals surface area contributed by atoms with Crippen LogP contribution in [0.15, 0.2) is 132 Å². The highest BCUT2D eigenvalue weighted by atomic mass is 32.2. The van der Waals surface area contributed by atoms with Crippen molar-refractivity contribution < 1.29 is 25.6 Å². The Kier molecular flexibility index (Phi) is 8.38. The van der Waals surface area contributed by atoms with E-state index in [1.807, 2.05) is 4.90 Å². The van der Waals surface area contributed by atoms with E-state index >= 15 is 0 Å². The largest absolute Gasteiger partial charge is 0.298 e. The molecule has 0 saturated heterocycles. The summed E-state index contributed by atoms with van der Waals surface area (Å²) in [6.45, 7) is 0.415. The van der Waals surface area contributed by atoms with Crippen LogP contribution in [0.1, 0.15) is 11.1 Å². The zero-order valence-corrected chi connectivity index (χ0v) is 26.0. The van der Waals surface area contributed by atoms with Crippen molar-refractivity contribution in [1.29, 1.82) is 0 Å². The lowest BCUT2D eigenvalue weighted by Crippen LogP contribution is -2.18. The second-order valence-corrected chi connectivity index (χ2v) is 14.1. The van der Waals surface area contributed by atoms with Crippen molar-refractivity contribution >= 4 is 20.0 Å². The Labute approximate surface area is 265 Å². The van der Waals surface area contributed by atoms with Crippen molar-refractivity contribution in [3.8, 4) is 22.5 Å². The molecule has 0 fully saturated rings. The first-order chi connectivity index (χ1) is 22.1. The second-order valence-electron chi connectivity index (χ2n) is 10.5. The predicted octanol–water partition coefficient (Wildman–Crippen LogP) is 5.80. The maximum absolute atomic E-state index is 14.9. The van der Waals surface area contributed by atoms with E-state index in [1.54, 1.807) is 55.6 Å². The fourth-order valence-electron chi connectivity index (χ4n) is 5.17. The summed E-state index contributed by atoms with van der Waals surface area (Å²) in [5.74, 6) is -1.18. The molecule has 0 saturated carbocycles. The van der Waals surface area contributed by atoms with Crippen molar-refractivity contribution in [2.45, 2.75) is 23.1 Å². The van der Waals surface area contributed by atoms with Crippen LogP contribution in [0, 0.1) is 11.6 Å². The minimum Gasteiger partial charge on any atom is -0.298 e. The Morgan fingerprint density at radius 2 is 1.00 bits per heavy atom. The van der Waals surface area contributed by atoms with Crippen LogP contribution in [0.3, 0.4) is 0 Å². The van der Waals surface area contributed by atoms with E-state index in [4.69, 9.17) is 0 Å². The summed E-state index contributed by atoms with van der Waals surface area (Å²) in [6.07, 6.45) is 5.57. The number of nitrogens with zero attached hydrogens (tertiary/aromatic N) is 5. The molecule has 0 unspecified atom stereocenters. The van der Waals surface area contributed by atoms with Crippen molar-refractivity contribution in [3.05, 3.63) is 145 Å². The molecule has 0 bridgehead atoms. The molecule has 0 radical (unpaired) electrons. The van der Waals surface area contributed by atoms with Crippen molar-refractivity contribution in [2.24, 2.45) is 0 Å². The average molecular weight is 660 g/mol. The molecule has 0 atom stereocenters. The van der Waals surface area contributed by atoms with Gasteiger partial charge in [0.05, 0.1) is 11.4 Å². The molecule has 4 aromatic heterocycles. The third kappa shape index (κ3) is 5.99. The second kappa shape index (κ2) is 12.4. The van der Waals surface area contributed by atoms with Gasteiger partial charge < -0.3 is 0 Å². The number of benzene rings is 2. The summed E-state index contributed by atoms with van der Waals surface area (Å²) in [7, 11) is -6.59. The fraction of sp³-hybridized carbons (Fsp3) is 0.0909. The van der Waals surface area contributed by atoms with Gasteiger partial charge in [0.25, 0.3) is 20.0 Å². The lowest BCUT2D eigenvalue weighted by molar-refractivity contribution is 0.319. The number of hydrogen-bond donors (Lipinski definition) is 0. The van der Waals surface area contributed by atoms with Crippen LogP contribution in [-0.2, 0) is 33.1 Å². The van der Waals surface area contributed by atoms with E-state index in [0.29, 0.717) is 11.1 Å². The Bertz CT molecular complexity index is 2080. The smallest absolute Gasteiger partial charge is 0.285 e. The lowest BCUT2D eigenvalue weighted by atomic mass is 10.1. The van der Waals surface area contributed by atoms with Gasteiger partial charge in [0.2, 0.25) is 0 Å². The highest BCUT2D eigenvalue weighted by Gasteiger charge is 2.26. The third-order valence-electron chi connectivity index (χ3n) is 7.21. The van der Waals surface area contributed by atoms with Crippen LogP contribution < -0.4 is 0 Å². The monoisotopic (exact) mass is 659 g/mol. The molecule has 46 heavy (non-hydrogen) atoms. The fourth-order valence-corrected chi connectivity index (χ4v) is 7.84. The summed E-state index contributed by atoms with van der Waals surface area (Å²) in [5, 5.41) is -0.390. The van der Waals surface area contributed by atoms with E-state index in [1.165, 1.54) is 73.3 Å². The minimum absolute atomic E-state index is 0.0993. The van der Waals surface area contributed by atoms with E-state index in [-0.39, 0.29) is 45.7 Å². The molecule has 0 N–H and O–H groups in total. The zero-order valence-electron chi connectivity index (χ0n) is 24.4. The minimum atomic E-state index is -4.18. The molecule has 6 aromatic rings.